The van der Waals surface area contributed by atoms with E-state index in [1.807, 2.05) is 0 Å². The van der Waals surface area contributed by atoms with Crippen LogP contribution in [0.5, 0.6) is 0 Å². The summed E-state index contributed by atoms with van der Waals surface area (Å²) >= 11 is 0. The highest BCUT2D eigenvalue weighted by atomic mass is 32.2. The highest BCUT2D eigenvalue weighted by Gasteiger charge is 2.44. The first kappa shape index (κ1) is 103. The van der Waals surface area contributed by atoms with Gasteiger partial charge in [-0.1, -0.05) is 111 Å². The van der Waals surface area contributed by atoms with Crippen molar-refractivity contribution in [2.75, 3.05) is 31.5 Å². The molecular formula is C84H117N21O23S. The summed E-state index contributed by atoms with van der Waals surface area (Å²) in [5, 5.41) is 68.1. The van der Waals surface area contributed by atoms with Crippen molar-refractivity contribution in [2.45, 2.75) is 230 Å². The molecule has 0 spiro atoms. The van der Waals surface area contributed by atoms with E-state index in [1.54, 1.807) is 90.2 Å². The number of imidazole rings is 2. The van der Waals surface area contributed by atoms with Crippen molar-refractivity contribution in [3.8, 4) is 0 Å². The number of aromatic nitrogens is 5. The molecule has 23 N–H and O–H groups in total. The molecule has 1 saturated heterocycles. The normalized spacial score (nSPS) is 15.9. The molecule has 15 amide bonds. The molecule has 1 fully saturated rings. The quantitative estimate of drug-likeness (QED) is 0.0147. The first-order valence-electron chi connectivity index (χ1n) is 42.3. The summed E-state index contributed by atoms with van der Waals surface area (Å²) < 4.78 is 34.1. The molecule has 45 heteroatoms. The number of aliphatic carboxylic acids is 2. The summed E-state index contributed by atoms with van der Waals surface area (Å²) in [6.45, 7) is 14.3. The Morgan fingerprint density at radius 3 is 1.60 bits per heavy atom. The zero-order valence-electron chi connectivity index (χ0n) is 73.2. The summed E-state index contributed by atoms with van der Waals surface area (Å²) in [6, 6.07) is -3.38. The van der Waals surface area contributed by atoms with Gasteiger partial charge in [0.05, 0.1) is 31.6 Å². The molecule has 15 atom stereocenters. The molecule has 0 radical (unpaired) electrons. The van der Waals surface area contributed by atoms with Crippen LogP contribution in [0.25, 0.3) is 21.7 Å². The number of primary amides is 1. The molecule has 1 aliphatic heterocycles. The number of hydrogen-bond acceptors (Lipinski definition) is 23. The predicted octanol–water partition coefficient (Wildman–Crippen LogP) is -1.88. The van der Waals surface area contributed by atoms with E-state index in [4.69, 9.17) is 5.73 Å². The van der Waals surface area contributed by atoms with E-state index in [0.717, 1.165) is 11.8 Å². The predicted molar refractivity (Wildman–Crippen MR) is 464 cm³/mol. The van der Waals surface area contributed by atoms with Gasteiger partial charge in [0, 0.05) is 110 Å². The lowest BCUT2D eigenvalue weighted by Gasteiger charge is -2.32. The molecule has 0 bridgehead atoms. The minimum Gasteiger partial charge on any atom is -0.481 e. The van der Waals surface area contributed by atoms with Crippen LogP contribution in [-0.4, -0.2) is 263 Å². The van der Waals surface area contributed by atoms with Crippen LogP contribution < -0.4 is 80.2 Å². The Kier molecular flexibility index (Phi) is 38.6. The van der Waals surface area contributed by atoms with Gasteiger partial charge >= 0.3 is 11.9 Å². The van der Waals surface area contributed by atoms with Gasteiger partial charge < -0.3 is 115 Å². The highest BCUT2D eigenvalue weighted by Crippen LogP contribution is 2.30. The van der Waals surface area contributed by atoms with Gasteiger partial charge in [0.15, 0.2) is 0 Å². The van der Waals surface area contributed by atoms with Crippen LogP contribution >= 0.6 is 0 Å². The summed E-state index contributed by atoms with van der Waals surface area (Å²) in [7, 11) is -4.60. The largest absolute Gasteiger partial charge is 0.481 e. The second-order valence-corrected chi connectivity index (χ2v) is 34.0. The van der Waals surface area contributed by atoms with E-state index < -0.39 is 239 Å². The number of H-pyrrole nitrogens is 3. The number of nitrogens with zero attached hydrogens (tertiary/aromatic N) is 3. The first-order valence-corrected chi connectivity index (χ1v) is 43.7. The maximum Gasteiger partial charge on any atom is 0.322 e. The van der Waals surface area contributed by atoms with Crippen LogP contribution in [0.1, 0.15) is 144 Å². The lowest BCUT2D eigenvalue weighted by Crippen LogP contribution is -2.63. The number of aliphatic hydroxyl groups is 1. The number of fused-ring (bicyclic) bond motifs is 2. The number of nitrogens with two attached hydrogens (primary N) is 1. The number of aromatic amines is 3. The maximum absolute atomic E-state index is 15.1. The number of nitrogens with one attached hydrogen (secondary N) is 17. The van der Waals surface area contributed by atoms with Crippen molar-refractivity contribution in [3.63, 3.8) is 0 Å². The van der Waals surface area contributed by atoms with Gasteiger partial charge in [0.2, 0.25) is 88.6 Å². The summed E-state index contributed by atoms with van der Waals surface area (Å²) in [4.78, 5) is 254. The molecule has 6 aromatic rings. The molecule has 3 aromatic carbocycles. The number of carboxylic acid groups (broad SMARTS) is 2. The second-order valence-electron chi connectivity index (χ2n) is 32.6. The van der Waals surface area contributed by atoms with Gasteiger partial charge in [-0.05, 0) is 80.0 Å². The molecule has 44 nitrogen and oxygen atoms in total. The fourth-order valence-corrected chi connectivity index (χ4v) is 15.2. The molecule has 1 aliphatic rings. The van der Waals surface area contributed by atoms with E-state index in [0.29, 0.717) is 38.9 Å². The maximum atomic E-state index is 15.1. The van der Waals surface area contributed by atoms with Crippen molar-refractivity contribution in [3.05, 3.63) is 109 Å². The van der Waals surface area contributed by atoms with Gasteiger partial charge in [-0.25, -0.2) is 9.97 Å². The molecule has 129 heavy (non-hydrogen) atoms. The molecule has 702 valence electrons. The van der Waals surface area contributed by atoms with Crippen LogP contribution in [0, 0.1) is 23.7 Å². The van der Waals surface area contributed by atoms with Gasteiger partial charge in [-0.15, -0.1) is 0 Å². The van der Waals surface area contributed by atoms with E-state index >= 15 is 9.59 Å². The standard InChI is InChI=1S/C84H117N21O23S/c1-11-44(7)70(103-83(124)71(45(8)12-2)102-79(120)62(35-67(110)111)98-75(116)57(30-42(3)4)96-76(117)60(94-47(10)107)33-50-38-87-41-93-50)82(123)99-58(31-48-36-90-54-21-14-13-18-51(48)54)77(118)101-69(43(5)6)81(122)100-61(34-65(85)108)78(119)104-72(46(9)106)84(125)105-29-17-23-63(105)80(121)95-56(74(115)97-59(32-49-37-86-40-92-49)73(114)91-39-68(112)113)25-26-66(109)89-28-27-88-55-22-15-20-53-52(55)19-16-24-64(53)129(126,127)128/h13-16,18-22,24,36-38,40-46,56-63,69-72,88,90,106H,11-12,17,23,25-35,39H2,1-10H3,(H2,85,108)(H,86,92)(H,87,93)(H,89,109)(H,91,114)(H,94,107)(H,95,121)(H,96,117)(H,97,115)(H,98,116)(H,99,123)(H,100,122)(H,101,118)(H,102,120)(H,103,124)(H,104,119)(H,110,111)(H,112,113)(H,126,127,128)/t44-,45-,46+,56-,57-,58-,59-,60-,61-,62-,63-,69-,70?,71-,72-/m0/s1. The molecule has 7 rings (SSSR count). The summed E-state index contributed by atoms with van der Waals surface area (Å²) in [6.07, 6.45) is 2.10. The van der Waals surface area contributed by atoms with E-state index in [-0.39, 0.29) is 87.2 Å². The van der Waals surface area contributed by atoms with Crippen LogP contribution in [0.2, 0.25) is 0 Å². The van der Waals surface area contributed by atoms with Crippen LogP contribution in [0.3, 0.4) is 0 Å². The minimum absolute atomic E-state index is 0.0207. The Morgan fingerprint density at radius 2 is 1.03 bits per heavy atom. The van der Waals surface area contributed by atoms with Gasteiger partial charge in [0.25, 0.3) is 10.1 Å². The van der Waals surface area contributed by atoms with Crippen LogP contribution in [0.15, 0.2) is 96.8 Å². The molecular weight excluding hydrogens is 1700 g/mol. The molecule has 4 heterocycles. The number of amides is 15. The third kappa shape index (κ3) is 30.7. The number of para-hydroxylation sites is 1. The smallest absolute Gasteiger partial charge is 0.322 e. The second kappa shape index (κ2) is 48.5. The number of likely N-dealkylation sites (tertiary alicyclic amines) is 1. The van der Waals surface area contributed by atoms with E-state index in [9.17, 15) is 100 Å². The number of rotatable bonds is 51. The number of anilines is 1. The SMILES string of the molecule is CC[C@H](C)C(NC(=O)[C@@H](NC(=O)[C@H](CC(=O)O)NC(=O)[C@H](CC(C)C)NC(=O)[C@H](Cc1cnc[nH]1)NC(C)=O)[C@@H](C)CC)C(=O)N[C@@H](Cc1c[nH]c2ccccc12)C(=O)N[C@H](C(=O)N[C@@H](CC(N)=O)C(=O)N[C@H](C(=O)N1CCC[C@H]1C(=O)N[C@@H](CCC(=O)NCCNc1cccc2c(S(=O)(=O)O)cccc12)C(=O)N[C@@H](Cc1cnc[nH]1)C(=O)NCC(=O)O)[C@@H](C)O)C(C)C. The Balaban J connectivity index is 1.07. The highest BCUT2D eigenvalue weighted by molar-refractivity contribution is 7.86. The van der Waals surface area contributed by atoms with Crippen LogP contribution in [-0.2, 0) is 111 Å². The van der Waals surface area contributed by atoms with E-state index in [1.165, 1.54) is 64.0 Å². The van der Waals surface area contributed by atoms with Crippen molar-refractivity contribution >= 4 is 138 Å². The van der Waals surface area contributed by atoms with Gasteiger partial charge in [-0.2, -0.15) is 8.42 Å². The van der Waals surface area contributed by atoms with Crippen molar-refractivity contribution < 1.29 is 110 Å². The zero-order valence-corrected chi connectivity index (χ0v) is 74.0. The Morgan fingerprint density at radius 1 is 0.527 bits per heavy atom. The molecule has 0 saturated carbocycles. The fraction of sp³-hybridized carbons (Fsp3) is 0.512. The zero-order chi connectivity index (χ0) is 95.3. The third-order valence-corrected chi connectivity index (χ3v) is 22.7. The monoisotopic (exact) mass is 1820 g/mol. The third-order valence-electron chi connectivity index (χ3n) is 21.8. The topological polar surface area (TPSA) is 676 Å². The van der Waals surface area contributed by atoms with Crippen LogP contribution in [0.4, 0.5) is 5.69 Å². The number of carbonyl (C=O) groups is 17. The summed E-state index contributed by atoms with van der Waals surface area (Å²) in [5.41, 5.74) is 8.00. The molecule has 1 unspecified atom stereocenters. The molecule has 3 aromatic heterocycles. The Labute approximate surface area is 742 Å². The van der Waals surface area contributed by atoms with Gasteiger partial charge in [-0.3, -0.25) is 86.1 Å². The number of hydrogen-bond donors (Lipinski definition) is 22. The lowest BCUT2D eigenvalue weighted by atomic mass is 9.94. The Hall–Kier alpha value is -13.5. The van der Waals surface area contributed by atoms with Crippen molar-refractivity contribution in [1.82, 2.24) is 98.9 Å². The fourth-order valence-electron chi connectivity index (χ4n) is 14.5. The number of benzene rings is 3. The number of aliphatic hydroxyl groups excluding tert-OH is 1. The van der Waals surface area contributed by atoms with E-state index in [2.05, 4.69) is 99.4 Å². The average molecular weight is 1820 g/mol. The van der Waals surface area contributed by atoms with Crippen molar-refractivity contribution in [2.24, 2.45) is 29.4 Å². The Bertz CT molecular complexity index is 5100. The molecule has 0 aliphatic carbocycles. The average Bonchev–Trinajstić information content (AvgIpc) is 1.44. The first-order chi connectivity index (χ1) is 61.0. The minimum atomic E-state index is -4.60. The van der Waals surface area contributed by atoms with Gasteiger partial charge in [0.1, 0.15) is 83.9 Å². The number of carboxylic acids is 2. The lowest BCUT2D eigenvalue weighted by molar-refractivity contribution is -0.145. The van der Waals surface area contributed by atoms with Crippen molar-refractivity contribution in [1.29, 1.82) is 0 Å². The number of carbonyl (C=O) groups excluding carboxylic acids is 15. The summed E-state index contributed by atoms with van der Waals surface area (Å²) in [5.74, 6) is -20.3.